The van der Waals surface area contributed by atoms with Crippen LogP contribution in [0, 0.1) is 5.82 Å². The first-order valence-electron chi connectivity index (χ1n) is 6.54. The number of rotatable bonds is 6. The Balaban J connectivity index is 2.23. The third-order valence-corrected chi connectivity index (χ3v) is 3.85. The maximum absolute atomic E-state index is 12.9. The molecule has 0 N–H and O–H groups in total. The summed E-state index contributed by atoms with van der Waals surface area (Å²) < 4.78 is 17.9. The highest BCUT2D eigenvalue weighted by molar-refractivity contribution is 7.18. The summed E-state index contributed by atoms with van der Waals surface area (Å²) in [5.74, 6) is -0.333. The Morgan fingerprint density at radius 1 is 1.33 bits per heavy atom. The molecule has 1 aromatic carbocycles. The first-order valence-corrected chi connectivity index (χ1v) is 7.36. The summed E-state index contributed by atoms with van der Waals surface area (Å²) in [6, 6.07) is 6.02. The van der Waals surface area contributed by atoms with Gasteiger partial charge in [-0.15, -0.1) is 10.2 Å². The third kappa shape index (κ3) is 3.83. The van der Waals surface area contributed by atoms with E-state index in [4.69, 9.17) is 4.74 Å². The molecule has 0 unspecified atom stereocenters. The van der Waals surface area contributed by atoms with Gasteiger partial charge in [0.2, 0.25) is 11.0 Å². The number of amides is 1. The van der Waals surface area contributed by atoms with Crippen LogP contribution >= 0.6 is 11.3 Å². The van der Waals surface area contributed by atoms with E-state index < -0.39 is 0 Å². The van der Waals surface area contributed by atoms with Crippen LogP contribution in [0.15, 0.2) is 24.3 Å². The van der Waals surface area contributed by atoms with E-state index in [1.807, 2.05) is 0 Å². The van der Waals surface area contributed by atoms with Crippen LogP contribution in [0.5, 0.6) is 0 Å². The lowest BCUT2D eigenvalue weighted by Gasteiger charge is -2.17. The molecule has 0 radical (unpaired) electrons. The van der Waals surface area contributed by atoms with Crippen molar-refractivity contribution in [3.8, 4) is 10.6 Å². The molecule has 1 aromatic heterocycles. The molecular weight excluding hydrogens is 293 g/mol. The normalized spacial score (nSPS) is 10.6. The van der Waals surface area contributed by atoms with Crippen molar-refractivity contribution in [2.75, 3.05) is 25.2 Å². The minimum absolute atomic E-state index is 0.0335. The van der Waals surface area contributed by atoms with Crippen molar-refractivity contribution in [3.63, 3.8) is 0 Å². The van der Waals surface area contributed by atoms with E-state index in [0.29, 0.717) is 29.7 Å². The molecule has 0 spiro atoms. The first kappa shape index (κ1) is 15.5. The molecule has 0 saturated carbocycles. The second-order valence-corrected chi connectivity index (χ2v) is 5.24. The predicted octanol–water partition coefficient (Wildman–Crippen LogP) is 2.73. The molecule has 0 fully saturated rings. The highest BCUT2D eigenvalue weighted by Gasteiger charge is 2.18. The average molecular weight is 309 g/mol. The van der Waals surface area contributed by atoms with E-state index in [1.54, 1.807) is 31.1 Å². The molecule has 1 heterocycles. The minimum Gasteiger partial charge on any atom is -0.383 e. The summed E-state index contributed by atoms with van der Waals surface area (Å²) >= 11 is 1.30. The third-order valence-electron chi connectivity index (χ3n) is 2.86. The molecular formula is C14H16FN3O2S. The number of ether oxygens (including phenoxy) is 1. The van der Waals surface area contributed by atoms with Crippen LogP contribution in [0.3, 0.4) is 0 Å². The molecule has 0 saturated heterocycles. The van der Waals surface area contributed by atoms with Gasteiger partial charge in [0.1, 0.15) is 10.8 Å². The van der Waals surface area contributed by atoms with Gasteiger partial charge >= 0.3 is 0 Å². The number of anilines is 1. The van der Waals surface area contributed by atoms with Gasteiger partial charge in [0.15, 0.2) is 0 Å². The van der Waals surface area contributed by atoms with Crippen LogP contribution in [-0.2, 0) is 9.53 Å². The van der Waals surface area contributed by atoms with E-state index in [-0.39, 0.29) is 11.7 Å². The number of hydrogen-bond donors (Lipinski definition) is 0. The Bertz CT molecular complexity index is 601. The Morgan fingerprint density at radius 2 is 2.05 bits per heavy atom. The van der Waals surface area contributed by atoms with Gasteiger partial charge in [-0.2, -0.15) is 0 Å². The minimum atomic E-state index is -0.300. The number of benzene rings is 1. The lowest BCUT2D eigenvalue weighted by atomic mass is 10.2. The molecule has 21 heavy (non-hydrogen) atoms. The van der Waals surface area contributed by atoms with Gasteiger partial charge in [-0.3, -0.25) is 9.69 Å². The van der Waals surface area contributed by atoms with E-state index in [0.717, 1.165) is 5.56 Å². The standard InChI is InChI=1S/C14H16FN3O2S/c1-3-12(19)18(8-9-20-2)14-17-16-13(21-14)10-4-6-11(15)7-5-10/h4-7H,3,8-9H2,1-2H3. The molecule has 0 bridgehead atoms. The maximum atomic E-state index is 12.9. The van der Waals surface area contributed by atoms with E-state index in [2.05, 4.69) is 10.2 Å². The van der Waals surface area contributed by atoms with Crippen LogP contribution in [0.4, 0.5) is 9.52 Å². The number of aromatic nitrogens is 2. The first-order chi connectivity index (χ1) is 10.2. The summed E-state index contributed by atoms with van der Waals surface area (Å²) in [5.41, 5.74) is 0.774. The fourth-order valence-corrected chi connectivity index (χ4v) is 2.63. The second kappa shape index (κ2) is 7.24. The SMILES string of the molecule is CCC(=O)N(CCOC)c1nnc(-c2ccc(F)cc2)s1. The maximum Gasteiger partial charge on any atom is 0.228 e. The zero-order chi connectivity index (χ0) is 15.2. The largest absolute Gasteiger partial charge is 0.383 e. The monoisotopic (exact) mass is 309 g/mol. The van der Waals surface area contributed by atoms with Gasteiger partial charge in [-0.1, -0.05) is 18.3 Å². The molecule has 0 atom stereocenters. The van der Waals surface area contributed by atoms with Gasteiger partial charge in [-0.25, -0.2) is 4.39 Å². The van der Waals surface area contributed by atoms with Crippen molar-refractivity contribution in [3.05, 3.63) is 30.1 Å². The van der Waals surface area contributed by atoms with Gasteiger partial charge in [0.25, 0.3) is 0 Å². The molecule has 7 heteroatoms. The van der Waals surface area contributed by atoms with Crippen LogP contribution in [0.1, 0.15) is 13.3 Å². The molecule has 0 aliphatic rings. The quantitative estimate of drug-likeness (QED) is 0.823. The van der Waals surface area contributed by atoms with Crippen molar-refractivity contribution in [2.45, 2.75) is 13.3 Å². The van der Waals surface area contributed by atoms with Gasteiger partial charge in [0.05, 0.1) is 13.2 Å². The van der Waals surface area contributed by atoms with Crippen LogP contribution in [0.2, 0.25) is 0 Å². The summed E-state index contributed by atoms with van der Waals surface area (Å²) in [6.45, 7) is 2.66. The molecule has 112 valence electrons. The van der Waals surface area contributed by atoms with Crippen LogP contribution < -0.4 is 4.90 Å². The summed E-state index contributed by atoms with van der Waals surface area (Å²) in [4.78, 5) is 13.5. The lowest BCUT2D eigenvalue weighted by Crippen LogP contribution is -2.33. The van der Waals surface area contributed by atoms with Gasteiger partial charge < -0.3 is 4.74 Å². The zero-order valence-electron chi connectivity index (χ0n) is 11.9. The molecule has 2 rings (SSSR count). The van der Waals surface area contributed by atoms with Crippen molar-refractivity contribution in [2.24, 2.45) is 0 Å². The molecule has 0 aliphatic heterocycles. The van der Waals surface area contributed by atoms with Crippen molar-refractivity contribution < 1.29 is 13.9 Å². The van der Waals surface area contributed by atoms with E-state index in [1.165, 1.54) is 23.5 Å². The molecule has 0 aliphatic carbocycles. The summed E-state index contributed by atoms with van der Waals surface area (Å²) in [6.07, 6.45) is 0.384. The Hall–Kier alpha value is -1.86. The summed E-state index contributed by atoms with van der Waals surface area (Å²) in [7, 11) is 1.58. The number of halogens is 1. The smallest absolute Gasteiger partial charge is 0.228 e. The fourth-order valence-electron chi connectivity index (χ4n) is 1.73. The molecule has 5 nitrogen and oxygen atoms in total. The molecule has 2 aromatic rings. The van der Waals surface area contributed by atoms with Crippen LogP contribution in [-0.4, -0.2) is 36.4 Å². The van der Waals surface area contributed by atoms with Gasteiger partial charge in [-0.05, 0) is 24.3 Å². The zero-order valence-corrected chi connectivity index (χ0v) is 12.7. The van der Waals surface area contributed by atoms with E-state index >= 15 is 0 Å². The Kier molecular flexibility index (Phi) is 5.35. The van der Waals surface area contributed by atoms with Crippen LogP contribution in [0.25, 0.3) is 10.6 Å². The molecule has 1 amide bonds. The van der Waals surface area contributed by atoms with E-state index in [9.17, 15) is 9.18 Å². The fraction of sp³-hybridized carbons (Fsp3) is 0.357. The Morgan fingerprint density at radius 3 is 2.67 bits per heavy atom. The number of hydrogen-bond acceptors (Lipinski definition) is 5. The van der Waals surface area contributed by atoms with Crippen molar-refractivity contribution in [1.82, 2.24) is 10.2 Å². The van der Waals surface area contributed by atoms with Crippen molar-refractivity contribution in [1.29, 1.82) is 0 Å². The number of methoxy groups -OCH3 is 1. The number of nitrogens with zero attached hydrogens (tertiary/aromatic N) is 3. The lowest BCUT2D eigenvalue weighted by molar-refractivity contribution is -0.118. The van der Waals surface area contributed by atoms with Crippen molar-refractivity contribution >= 4 is 22.4 Å². The Labute approximate surface area is 126 Å². The topological polar surface area (TPSA) is 55.3 Å². The summed E-state index contributed by atoms with van der Waals surface area (Å²) in [5, 5.41) is 9.31. The highest BCUT2D eigenvalue weighted by atomic mass is 32.1. The second-order valence-electron chi connectivity index (χ2n) is 4.29. The van der Waals surface area contributed by atoms with Gasteiger partial charge in [0, 0.05) is 19.1 Å². The average Bonchev–Trinajstić information content (AvgIpc) is 2.97. The number of carbonyl (C=O) groups excluding carboxylic acids is 1. The number of carbonyl (C=O) groups is 1. The predicted molar refractivity (Wildman–Crippen MR) is 79.8 cm³/mol. The highest BCUT2D eigenvalue weighted by Crippen LogP contribution is 2.29.